The third-order valence-electron chi connectivity index (χ3n) is 3.90. The van der Waals surface area contributed by atoms with Crippen LogP contribution in [0.15, 0.2) is 18.2 Å². The first-order valence-corrected chi connectivity index (χ1v) is 7.69. The number of carbonyl (C=O) groups excluding carboxylic acids is 1. The van der Waals surface area contributed by atoms with Crippen molar-refractivity contribution in [3.05, 3.63) is 23.8 Å². The minimum absolute atomic E-state index is 0.115. The standard InChI is InChI=1S/C17H26N2O2/c1-6-11(2)19-12(3)16(20)13-7-8-15-14(9-13)18-10-17(4,5)21-15/h7-9,11-12,18-19H,6,10H2,1-5H3. The third-order valence-corrected chi connectivity index (χ3v) is 3.90. The van der Waals surface area contributed by atoms with Crippen LogP contribution in [0.1, 0.15) is 51.4 Å². The van der Waals surface area contributed by atoms with E-state index in [9.17, 15) is 4.79 Å². The van der Waals surface area contributed by atoms with Crippen LogP contribution in [-0.4, -0.2) is 30.0 Å². The van der Waals surface area contributed by atoms with Gasteiger partial charge in [-0.2, -0.15) is 0 Å². The Labute approximate surface area is 127 Å². The molecular formula is C17H26N2O2. The molecule has 116 valence electrons. The topological polar surface area (TPSA) is 50.4 Å². The predicted molar refractivity (Wildman–Crippen MR) is 86.3 cm³/mol. The van der Waals surface area contributed by atoms with Crippen molar-refractivity contribution >= 4 is 11.5 Å². The Bertz CT molecular complexity index is 526. The van der Waals surface area contributed by atoms with Crippen LogP contribution in [0.5, 0.6) is 5.75 Å². The third kappa shape index (κ3) is 3.76. The van der Waals surface area contributed by atoms with Crippen LogP contribution < -0.4 is 15.4 Å². The Kier molecular flexibility index (Phi) is 4.57. The minimum Gasteiger partial charge on any atom is -0.484 e. The molecule has 21 heavy (non-hydrogen) atoms. The van der Waals surface area contributed by atoms with Crippen molar-refractivity contribution in [2.45, 2.75) is 58.7 Å². The fraction of sp³-hybridized carbons (Fsp3) is 0.588. The summed E-state index contributed by atoms with van der Waals surface area (Å²) >= 11 is 0. The molecule has 1 heterocycles. The van der Waals surface area contributed by atoms with E-state index in [1.165, 1.54) is 0 Å². The zero-order valence-corrected chi connectivity index (χ0v) is 13.6. The second-order valence-corrected chi connectivity index (χ2v) is 6.49. The number of anilines is 1. The van der Waals surface area contributed by atoms with E-state index in [1.807, 2.05) is 39.0 Å². The van der Waals surface area contributed by atoms with Gasteiger partial charge in [0.2, 0.25) is 0 Å². The van der Waals surface area contributed by atoms with E-state index >= 15 is 0 Å². The lowest BCUT2D eigenvalue weighted by molar-refractivity contribution is 0.0944. The van der Waals surface area contributed by atoms with Crippen molar-refractivity contribution in [1.29, 1.82) is 0 Å². The summed E-state index contributed by atoms with van der Waals surface area (Å²) in [6.07, 6.45) is 1.01. The molecule has 2 rings (SSSR count). The van der Waals surface area contributed by atoms with Gasteiger partial charge in [0.25, 0.3) is 0 Å². The highest BCUT2D eigenvalue weighted by Crippen LogP contribution is 2.33. The zero-order valence-electron chi connectivity index (χ0n) is 13.6. The normalized spacial score (nSPS) is 18.9. The van der Waals surface area contributed by atoms with Gasteiger partial charge in [-0.05, 0) is 52.3 Å². The lowest BCUT2D eigenvalue weighted by atomic mass is 10.0. The lowest BCUT2D eigenvalue weighted by Gasteiger charge is -2.33. The fourth-order valence-corrected chi connectivity index (χ4v) is 2.42. The van der Waals surface area contributed by atoms with Crippen molar-refractivity contribution < 1.29 is 9.53 Å². The summed E-state index contributed by atoms with van der Waals surface area (Å²) in [5.41, 5.74) is 1.40. The molecule has 0 radical (unpaired) electrons. The number of ketones is 1. The van der Waals surface area contributed by atoms with Gasteiger partial charge < -0.3 is 15.4 Å². The van der Waals surface area contributed by atoms with Gasteiger partial charge in [-0.3, -0.25) is 4.79 Å². The molecule has 0 bridgehead atoms. The Morgan fingerprint density at radius 2 is 2.14 bits per heavy atom. The van der Waals surface area contributed by atoms with Crippen molar-refractivity contribution in [3.8, 4) is 5.75 Å². The zero-order chi connectivity index (χ0) is 15.6. The smallest absolute Gasteiger partial charge is 0.179 e. The van der Waals surface area contributed by atoms with Crippen LogP contribution in [0.4, 0.5) is 5.69 Å². The molecule has 4 heteroatoms. The van der Waals surface area contributed by atoms with Gasteiger partial charge in [0.05, 0.1) is 18.3 Å². The van der Waals surface area contributed by atoms with Crippen LogP contribution in [0, 0.1) is 0 Å². The minimum atomic E-state index is -0.218. The Morgan fingerprint density at radius 1 is 1.43 bits per heavy atom. The summed E-state index contributed by atoms with van der Waals surface area (Å²) in [6.45, 7) is 10.9. The maximum Gasteiger partial charge on any atom is 0.179 e. The average Bonchev–Trinajstić information content (AvgIpc) is 2.44. The van der Waals surface area contributed by atoms with Gasteiger partial charge >= 0.3 is 0 Å². The Morgan fingerprint density at radius 3 is 2.81 bits per heavy atom. The first-order chi connectivity index (χ1) is 9.82. The maximum atomic E-state index is 12.5. The van der Waals surface area contributed by atoms with E-state index in [1.54, 1.807) is 0 Å². The van der Waals surface area contributed by atoms with E-state index in [2.05, 4.69) is 24.5 Å². The number of hydrogen-bond donors (Lipinski definition) is 2. The molecule has 0 saturated heterocycles. The molecular weight excluding hydrogens is 264 g/mol. The van der Waals surface area contributed by atoms with Gasteiger partial charge in [0.15, 0.2) is 5.78 Å². The molecule has 2 atom stereocenters. The Balaban J connectivity index is 2.13. The molecule has 2 N–H and O–H groups in total. The number of hydrogen-bond acceptors (Lipinski definition) is 4. The molecule has 0 saturated carbocycles. The van der Waals surface area contributed by atoms with E-state index in [-0.39, 0.29) is 17.4 Å². The summed E-state index contributed by atoms with van der Waals surface area (Å²) in [7, 11) is 0. The molecule has 0 fully saturated rings. The maximum absolute atomic E-state index is 12.5. The first-order valence-electron chi connectivity index (χ1n) is 7.69. The highest BCUT2D eigenvalue weighted by molar-refractivity contribution is 6.01. The van der Waals surface area contributed by atoms with Crippen LogP contribution in [0.25, 0.3) is 0 Å². The highest BCUT2D eigenvalue weighted by Gasteiger charge is 2.27. The summed E-state index contributed by atoms with van der Waals surface area (Å²) in [5.74, 6) is 0.926. The summed E-state index contributed by atoms with van der Waals surface area (Å²) < 4.78 is 5.91. The number of rotatable bonds is 5. The molecule has 1 aliphatic rings. The van der Waals surface area contributed by atoms with Crippen molar-refractivity contribution in [1.82, 2.24) is 5.32 Å². The number of fused-ring (bicyclic) bond motifs is 1. The fourth-order valence-electron chi connectivity index (χ4n) is 2.42. The lowest BCUT2D eigenvalue weighted by Crippen LogP contribution is -2.41. The van der Waals surface area contributed by atoms with Crippen LogP contribution in [0.3, 0.4) is 0 Å². The first kappa shape index (κ1) is 15.8. The van der Waals surface area contributed by atoms with Crippen molar-refractivity contribution in [2.75, 3.05) is 11.9 Å². The second kappa shape index (κ2) is 6.06. The SMILES string of the molecule is CCC(C)NC(C)C(=O)c1ccc2c(c1)NCC(C)(C)O2. The Hall–Kier alpha value is -1.55. The highest BCUT2D eigenvalue weighted by atomic mass is 16.5. The van der Waals surface area contributed by atoms with E-state index in [0.717, 1.165) is 24.4 Å². The van der Waals surface area contributed by atoms with E-state index in [0.29, 0.717) is 11.6 Å². The van der Waals surface area contributed by atoms with Gasteiger partial charge in [-0.15, -0.1) is 0 Å². The molecule has 1 aliphatic heterocycles. The number of benzene rings is 1. The molecule has 0 aliphatic carbocycles. The van der Waals surface area contributed by atoms with E-state index < -0.39 is 0 Å². The largest absolute Gasteiger partial charge is 0.484 e. The molecule has 2 unspecified atom stereocenters. The molecule has 4 nitrogen and oxygen atoms in total. The molecule has 1 aromatic rings. The summed E-state index contributed by atoms with van der Waals surface area (Å²) in [4.78, 5) is 12.5. The predicted octanol–water partition coefficient (Wildman–Crippen LogP) is 3.23. The van der Waals surface area contributed by atoms with Crippen LogP contribution in [0.2, 0.25) is 0 Å². The van der Waals surface area contributed by atoms with Crippen LogP contribution in [-0.2, 0) is 0 Å². The molecule has 0 spiro atoms. The number of carbonyl (C=O) groups is 1. The quantitative estimate of drug-likeness (QED) is 0.818. The average molecular weight is 290 g/mol. The van der Waals surface area contributed by atoms with Gasteiger partial charge in [0.1, 0.15) is 11.4 Å². The summed E-state index contributed by atoms with van der Waals surface area (Å²) in [5, 5.41) is 6.66. The van der Waals surface area contributed by atoms with Gasteiger partial charge in [-0.1, -0.05) is 6.92 Å². The van der Waals surface area contributed by atoms with Gasteiger partial charge in [-0.25, -0.2) is 0 Å². The monoisotopic (exact) mass is 290 g/mol. The second-order valence-electron chi connectivity index (χ2n) is 6.49. The van der Waals surface area contributed by atoms with Gasteiger partial charge in [0, 0.05) is 11.6 Å². The van der Waals surface area contributed by atoms with Crippen molar-refractivity contribution in [2.24, 2.45) is 0 Å². The van der Waals surface area contributed by atoms with E-state index in [4.69, 9.17) is 4.74 Å². The molecule has 1 aromatic carbocycles. The van der Waals surface area contributed by atoms with Crippen LogP contribution >= 0.6 is 0 Å². The molecule has 0 aromatic heterocycles. The number of nitrogens with one attached hydrogen (secondary N) is 2. The number of Topliss-reactive ketones (excluding diaryl/α,β-unsaturated/α-hetero) is 1. The number of ether oxygens (including phenoxy) is 1. The van der Waals surface area contributed by atoms with Crippen molar-refractivity contribution in [3.63, 3.8) is 0 Å². The molecule has 0 amide bonds. The summed E-state index contributed by atoms with van der Waals surface area (Å²) in [6, 6.07) is 5.77.